The second kappa shape index (κ2) is 6.95. The predicted octanol–water partition coefficient (Wildman–Crippen LogP) is 2.45. The minimum Gasteiger partial charge on any atom is -0.389 e. The molecule has 6 heteroatoms. The number of pyridine rings is 1. The zero-order chi connectivity index (χ0) is 17.1. The summed E-state index contributed by atoms with van der Waals surface area (Å²) in [5.74, 6) is -0.151. The van der Waals surface area contributed by atoms with Gasteiger partial charge in [0.05, 0.1) is 16.9 Å². The molecule has 1 heterocycles. The largest absolute Gasteiger partial charge is 0.389 e. The summed E-state index contributed by atoms with van der Waals surface area (Å²) in [6, 6.07) is 9.22. The second-order valence-corrected chi connectivity index (χ2v) is 8.05. The van der Waals surface area contributed by atoms with Gasteiger partial charge < -0.3 is 5.11 Å². The molecule has 0 aliphatic heterocycles. The van der Waals surface area contributed by atoms with E-state index in [0.29, 0.717) is 11.1 Å². The number of para-hydroxylation sites is 1. The highest BCUT2D eigenvalue weighted by molar-refractivity contribution is 7.88. The van der Waals surface area contributed by atoms with Crippen LogP contribution in [0.1, 0.15) is 32.8 Å². The van der Waals surface area contributed by atoms with Gasteiger partial charge >= 0.3 is 0 Å². The highest BCUT2D eigenvalue weighted by atomic mass is 32.2. The van der Waals surface area contributed by atoms with Gasteiger partial charge in [0.2, 0.25) is 10.0 Å². The van der Waals surface area contributed by atoms with Crippen molar-refractivity contribution in [2.24, 2.45) is 5.92 Å². The van der Waals surface area contributed by atoms with Gasteiger partial charge in [-0.05, 0) is 24.5 Å². The summed E-state index contributed by atoms with van der Waals surface area (Å²) in [6.45, 7) is 5.53. The Kier molecular flexibility index (Phi) is 5.39. The van der Waals surface area contributed by atoms with E-state index in [4.69, 9.17) is 0 Å². The molecule has 0 radical (unpaired) electrons. The number of aromatic nitrogens is 1. The summed E-state index contributed by atoms with van der Waals surface area (Å²) in [7, 11) is -3.55. The second-order valence-electron chi connectivity index (χ2n) is 6.24. The van der Waals surface area contributed by atoms with Crippen LogP contribution in [0.2, 0.25) is 0 Å². The normalized spacial score (nSPS) is 16.2. The standard InChI is InChI=1S/C17H24N2O3S/c1-4-13(2)17(3,20)12-19-23(21,22)11-15-8-5-7-14-9-6-10-18-16(14)15/h5-10,13,19-20H,4,11-12H2,1-3H3. The minimum absolute atomic E-state index is 0.00251. The zero-order valence-corrected chi connectivity index (χ0v) is 14.6. The van der Waals surface area contributed by atoms with Crippen molar-refractivity contribution in [3.05, 3.63) is 42.1 Å². The van der Waals surface area contributed by atoms with Crippen LogP contribution in [0.25, 0.3) is 10.9 Å². The van der Waals surface area contributed by atoms with E-state index in [1.807, 2.05) is 38.1 Å². The van der Waals surface area contributed by atoms with Crippen molar-refractivity contribution in [2.75, 3.05) is 6.54 Å². The van der Waals surface area contributed by atoms with Crippen molar-refractivity contribution < 1.29 is 13.5 Å². The molecule has 0 aliphatic rings. The maximum Gasteiger partial charge on any atom is 0.215 e. The molecule has 2 aromatic rings. The molecule has 0 bridgehead atoms. The van der Waals surface area contributed by atoms with E-state index >= 15 is 0 Å². The smallest absolute Gasteiger partial charge is 0.215 e. The highest BCUT2D eigenvalue weighted by Crippen LogP contribution is 2.21. The molecule has 2 unspecified atom stereocenters. The fraction of sp³-hybridized carbons (Fsp3) is 0.471. The topological polar surface area (TPSA) is 79.3 Å². The van der Waals surface area contributed by atoms with Crippen LogP contribution in [0.5, 0.6) is 0 Å². The molecule has 126 valence electrons. The van der Waals surface area contributed by atoms with E-state index in [1.54, 1.807) is 19.2 Å². The summed E-state index contributed by atoms with van der Waals surface area (Å²) >= 11 is 0. The molecule has 0 spiro atoms. The lowest BCUT2D eigenvalue weighted by Crippen LogP contribution is -2.45. The van der Waals surface area contributed by atoms with Crippen molar-refractivity contribution in [1.82, 2.24) is 9.71 Å². The molecule has 5 nitrogen and oxygen atoms in total. The Morgan fingerprint density at radius 3 is 2.70 bits per heavy atom. The van der Waals surface area contributed by atoms with Crippen molar-refractivity contribution in [3.63, 3.8) is 0 Å². The molecule has 1 aromatic heterocycles. The number of hydrogen-bond donors (Lipinski definition) is 2. The molecule has 0 saturated heterocycles. The third-order valence-corrected chi connectivity index (χ3v) is 5.66. The quantitative estimate of drug-likeness (QED) is 0.814. The van der Waals surface area contributed by atoms with Gasteiger partial charge in [-0.1, -0.05) is 44.5 Å². The van der Waals surface area contributed by atoms with Gasteiger partial charge in [0.15, 0.2) is 0 Å². The molecule has 0 aliphatic carbocycles. The highest BCUT2D eigenvalue weighted by Gasteiger charge is 2.28. The monoisotopic (exact) mass is 336 g/mol. The summed E-state index contributed by atoms with van der Waals surface area (Å²) in [4.78, 5) is 4.27. The van der Waals surface area contributed by atoms with Crippen molar-refractivity contribution >= 4 is 20.9 Å². The third kappa shape index (κ3) is 4.50. The van der Waals surface area contributed by atoms with Gasteiger partial charge in [-0.25, -0.2) is 13.1 Å². The Morgan fingerprint density at radius 1 is 1.30 bits per heavy atom. The first kappa shape index (κ1) is 17.8. The average Bonchev–Trinajstić information content (AvgIpc) is 2.52. The molecule has 2 N–H and O–H groups in total. The number of hydrogen-bond acceptors (Lipinski definition) is 4. The van der Waals surface area contributed by atoms with Gasteiger partial charge in [-0.15, -0.1) is 0 Å². The molecular weight excluding hydrogens is 312 g/mol. The lowest BCUT2D eigenvalue weighted by atomic mass is 9.89. The van der Waals surface area contributed by atoms with Gasteiger partial charge in [-0.3, -0.25) is 4.98 Å². The molecule has 2 atom stereocenters. The zero-order valence-electron chi connectivity index (χ0n) is 13.8. The summed E-state index contributed by atoms with van der Waals surface area (Å²) in [5, 5.41) is 11.3. The molecule has 0 amide bonds. The number of aliphatic hydroxyl groups is 1. The fourth-order valence-corrected chi connectivity index (χ4v) is 3.67. The van der Waals surface area contributed by atoms with Crippen LogP contribution < -0.4 is 4.72 Å². The van der Waals surface area contributed by atoms with Crippen LogP contribution in [0.3, 0.4) is 0 Å². The first-order valence-corrected chi connectivity index (χ1v) is 9.43. The fourth-order valence-electron chi connectivity index (χ4n) is 2.41. The molecule has 2 rings (SSSR count). The number of nitrogens with zero attached hydrogens (tertiary/aromatic N) is 1. The molecule has 23 heavy (non-hydrogen) atoms. The SMILES string of the molecule is CCC(C)C(C)(O)CNS(=O)(=O)Cc1cccc2cccnc12. The number of fused-ring (bicyclic) bond motifs is 1. The van der Waals surface area contributed by atoms with Crippen LogP contribution in [-0.2, 0) is 15.8 Å². The van der Waals surface area contributed by atoms with Crippen LogP contribution in [0.4, 0.5) is 0 Å². The maximum atomic E-state index is 12.4. The van der Waals surface area contributed by atoms with Crippen molar-refractivity contribution in [3.8, 4) is 0 Å². The third-order valence-electron chi connectivity index (χ3n) is 4.39. The molecule has 0 saturated carbocycles. The first-order valence-electron chi connectivity index (χ1n) is 7.77. The number of nitrogens with one attached hydrogen (secondary N) is 1. The van der Waals surface area contributed by atoms with Gasteiger partial charge in [0.1, 0.15) is 0 Å². The first-order chi connectivity index (χ1) is 10.7. The van der Waals surface area contributed by atoms with Crippen molar-refractivity contribution in [2.45, 2.75) is 38.5 Å². The predicted molar refractivity (Wildman–Crippen MR) is 92.4 cm³/mol. The average molecular weight is 336 g/mol. The molecule has 1 aromatic carbocycles. The van der Waals surface area contributed by atoms with E-state index in [2.05, 4.69) is 9.71 Å². The minimum atomic E-state index is -3.55. The summed E-state index contributed by atoms with van der Waals surface area (Å²) < 4.78 is 27.2. The van der Waals surface area contributed by atoms with Gasteiger partial charge in [-0.2, -0.15) is 0 Å². The van der Waals surface area contributed by atoms with E-state index in [-0.39, 0.29) is 18.2 Å². The Labute approximate surface area is 137 Å². The number of rotatable bonds is 7. The number of benzene rings is 1. The Balaban J connectivity index is 2.15. The maximum absolute atomic E-state index is 12.4. The van der Waals surface area contributed by atoms with Gasteiger partial charge in [0, 0.05) is 18.1 Å². The van der Waals surface area contributed by atoms with Crippen LogP contribution >= 0.6 is 0 Å². The van der Waals surface area contributed by atoms with Crippen LogP contribution in [0.15, 0.2) is 36.5 Å². The van der Waals surface area contributed by atoms with Gasteiger partial charge in [0.25, 0.3) is 0 Å². The summed E-state index contributed by atoms with van der Waals surface area (Å²) in [6.07, 6.45) is 2.43. The van der Waals surface area contributed by atoms with E-state index in [1.165, 1.54) is 0 Å². The van der Waals surface area contributed by atoms with E-state index < -0.39 is 15.6 Å². The van der Waals surface area contributed by atoms with Crippen LogP contribution in [0, 0.1) is 5.92 Å². The molecule has 0 fully saturated rings. The molecular formula is C17H24N2O3S. The summed E-state index contributed by atoms with van der Waals surface area (Å²) in [5.41, 5.74) is 0.270. The Hall–Kier alpha value is -1.50. The van der Waals surface area contributed by atoms with E-state index in [9.17, 15) is 13.5 Å². The van der Waals surface area contributed by atoms with Crippen LogP contribution in [-0.4, -0.2) is 30.7 Å². The lowest BCUT2D eigenvalue weighted by Gasteiger charge is -2.29. The van der Waals surface area contributed by atoms with E-state index in [0.717, 1.165) is 11.8 Å². The Morgan fingerprint density at radius 2 is 2.00 bits per heavy atom. The lowest BCUT2D eigenvalue weighted by molar-refractivity contribution is 0.0102. The van der Waals surface area contributed by atoms with Crippen molar-refractivity contribution in [1.29, 1.82) is 0 Å². The number of sulfonamides is 1. The Bertz CT molecular complexity index is 767.